The van der Waals surface area contributed by atoms with Gasteiger partial charge in [0.15, 0.2) is 0 Å². The fourth-order valence-corrected chi connectivity index (χ4v) is 7.73. The van der Waals surface area contributed by atoms with Crippen molar-refractivity contribution in [3.8, 4) is 28.3 Å². The van der Waals surface area contributed by atoms with Crippen molar-refractivity contribution < 1.29 is 19.4 Å². The summed E-state index contributed by atoms with van der Waals surface area (Å²) in [5.74, 6) is 0.628. The van der Waals surface area contributed by atoms with Crippen molar-refractivity contribution in [2.45, 2.75) is 82.9 Å². The Morgan fingerprint density at radius 2 is 1.46 bits per heavy atom. The van der Waals surface area contributed by atoms with Crippen LogP contribution in [0.3, 0.4) is 0 Å². The van der Waals surface area contributed by atoms with Crippen LogP contribution in [0.25, 0.3) is 33.5 Å². The van der Waals surface area contributed by atoms with Gasteiger partial charge < -0.3 is 19.3 Å². The second-order valence-corrected chi connectivity index (χ2v) is 13.9. The summed E-state index contributed by atoms with van der Waals surface area (Å²) >= 11 is 6.20. The molecule has 0 radical (unpaired) electrons. The third-order valence-corrected chi connectivity index (χ3v) is 10.6. The fraction of sp³-hybridized carbons (Fsp3) is 0.341. The lowest BCUT2D eigenvalue weighted by Gasteiger charge is -2.31. The Morgan fingerprint density at radius 1 is 0.820 bits per heavy atom. The topological polar surface area (TPSA) is 84.7 Å². The highest BCUT2D eigenvalue weighted by Crippen LogP contribution is 2.37. The molecule has 260 valence electrons. The number of hydrogen-bond acceptors (Lipinski definition) is 4. The number of fused-ring (bicyclic) bond motifs is 1. The van der Waals surface area contributed by atoms with Crippen molar-refractivity contribution >= 4 is 46.9 Å². The van der Waals surface area contributed by atoms with Crippen LogP contribution in [0, 0.1) is 0 Å². The van der Waals surface area contributed by atoms with Crippen molar-refractivity contribution in [1.29, 1.82) is 0 Å². The number of rotatable bonds is 9. The molecule has 7 rings (SSSR count). The van der Waals surface area contributed by atoms with Gasteiger partial charge in [-0.15, -0.1) is 12.4 Å². The molecule has 1 heterocycles. The van der Waals surface area contributed by atoms with E-state index in [0.29, 0.717) is 27.9 Å². The molecule has 1 amide bonds. The SMILES string of the molecule is CN(C(=O)c1ccc(-c2ccc(Cl)cc2)c(COc2ccc(-c3nc4cc(C(=O)O)ccc4n3C3CCCCC3)cc2)c1)C1CCCCC1.Cl. The number of carboxylic acids is 1. The zero-order valence-electron chi connectivity index (χ0n) is 28.3. The molecule has 0 atom stereocenters. The molecular weight excluding hydrogens is 669 g/mol. The summed E-state index contributed by atoms with van der Waals surface area (Å²) in [7, 11) is 1.93. The predicted octanol–water partition coefficient (Wildman–Crippen LogP) is 10.6. The van der Waals surface area contributed by atoms with E-state index in [1.54, 1.807) is 12.1 Å². The summed E-state index contributed by atoms with van der Waals surface area (Å²) in [4.78, 5) is 32.2. The first-order valence-corrected chi connectivity index (χ1v) is 17.9. The first-order valence-electron chi connectivity index (χ1n) is 17.5. The maximum Gasteiger partial charge on any atom is 0.335 e. The molecule has 7 nitrogen and oxygen atoms in total. The van der Waals surface area contributed by atoms with Gasteiger partial charge in [0.25, 0.3) is 5.91 Å². The Labute approximate surface area is 304 Å². The molecule has 0 unspecified atom stereocenters. The number of imidazole rings is 1. The lowest BCUT2D eigenvalue weighted by atomic mass is 9.93. The monoisotopic (exact) mass is 711 g/mol. The molecule has 50 heavy (non-hydrogen) atoms. The van der Waals surface area contributed by atoms with E-state index in [0.717, 1.165) is 59.3 Å². The van der Waals surface area contributed by atoms with E-state index in [4.69, 9.17) is 21.3 Å². The fourth-order valence-electron chi connectivity index (χ4n) is 7.60. The molecule has 0 spiro atoms. The lowest BCUT2D eigenvalue weighted by Crippen LogP contribution is -2.38. The molecule has 0 aliphatic heterocycles. The van der Waals surface area contributed by atoms with Crippen LogP contribution in [0.15, 0.2) is 84.9 Å². The van der Waals surface area contributed by atoms with E-state index in [1.807, 2.05) is 84.7 Å². The average molecular weight is 713 g/mol. The number of carboxylic acid groups (broad SMARTS) is 1. The number of halogens is 2. The summed E-state index contributed by atoms with van der Waals surface area (Å²) in [6, 6.07) is 27.4. The summed E-state index contributed by atoms with van der Waals surface area (Å²) in [6.45, 7) is 0.282. The third kappa shape index (κ3) is 7.54. The van der Waals surface area contributed by atoms with Crippen LogP contribution in [0.4, 0.5) is 0 Å². The smallest absolute Gasteiger partial charge is 0.335 e. The van der Waals surface area contributed by atoms with E-state index in [9.17, 15) is 14.7 Å². The van der Waals surface area contributed by atoms with Gasteiger partial charge in [-0.2, -0.15) is 0 Å². The van der Waals surface area contributed by atoms with E-state index in [2.05, 4.69) is 4.57 Å². The molecule has 4 aromatic carbocycles. The number of aromatic nitrogens is 2. The number of nitrogens with zero attached hydrogens (tertiary/aromatic N) is 3. The first-order chi connectivity index (χ1) is 23.9. The van der Waals surface area contributed by atoms with Crippen molar-refractivity contribution in [1.82, 2.24) is 14.5 Å². The number of benzene rings is 4. The highest BCUT2D eigenvalue weighted by molar-refractivity contribution is 6.30. The lowest BCUT2D eigenvalue weighted by molar-refractivity contribution is 0.0687. The maximum absolute atomic E-state index is 13.6. The molecular formula is C41H43Cl2N3O4. The van der Waals surface area contributed by atoms with Gasteiger partial charge >= 0.3 is 5.97 Å². The van der Waals surface area contributed by atoms with Crippen LogP contribution in [-0.2, 0) is 6.61 Å². The van der Waals surface area contributed by atoms with E-state index < -0.39 is 5.97 Å². The minimum absolute atomic E-state index is 0. The standard InChI is InChI=1S/C41H42ClN3O4.ClH/c1-44(33-8-4-2-5-9-33)40(46)29-16-22-36(27-12-18-32(42)19-13-27)31(24-29)26-49-35-20-14-28(15-21-35)39-43-37-25-30(41(47)48)17-23-38(37)45(39)34-10-6-3-7-11-34;/h12-25,33-34H,2-11,26H2,1H3,(H,47,48);1H. The molecule has 2 saturated carbocycles. The molecule has 0 bridgehead atoms. The highest BCUT2D eigenvalue weighted by Gasteiger charge is 2.25. The Bertz CT molecular complexity index is 1960. The van der Waals surface area contributed by atoms with Gasteiger partial charge in [0.1, 0.15) is 18.2 Å². The number of amides is 1. The molecule has 1 N–H and O–H groups in total. The second-order valence-electron chi connectivity index (χ2n) is 13.5. The van der Waals surface area contributed by atoms with E-state index in [-0.39, 0.29) is 36.5 Å². The molecule has 2 aliphatic carbocycles. The Morgan fingerprint density at radius 3 is 2.14 bits per heavy atom. The third-order valence-electron chi connectivity index (χ3n) is 10.3. The quantitative estimate of drug-likeness (QED) is 0.164. The summed E-state index contributed by atoms with van der Waals surface area (Å²) in [5.41, 5.74) is 6.42. The van der Waals surface area contributed by atoms with Crippen LogP contribution in [0.1, 0.15) is 96.5 Å². The maximum atomic E-state index is 13.6. The van der Waals surface area contributed by atoms with Crippen LogP contribution < -0.4 is 4.74 Å². The number of hydrogen-bond donors (Lipinski definition) is 1. The summed E-state index contributed by atoms with van der Waals surface area (Å²) in [5, 5.41) is 10.3. The predicted molar refractivity (Wildman–Crippen MR) is 202 cm³/mol. The Hall–Kier alpha value is -4.33. The van der Waals surface area contributed by atoms with Crippen LogP contribution in [-0.4, -0.2) is 44.5 Å². The Balaban J connectivity index is 0.00000432. The van der Waals surface area contributed by atoms with Crippen LogP contribution >= 0.6 is 24.0 Å². The van der Waals surface area contributed by atoms with Gasteiger partial charge in [-0.05, 0) is 109 Å². The zero-order valence-corrected chi connectivity index (χ0v) is 29.9. The van der Waals surface area contributed by atoms with Gasteiger partial charge in [-0.25, -0.2) is 9.78 Å². The average Bonchev–Trinajstić information content (AvgIpc) is 3.53. The van der Waals surface area contributed by atoms with Crippen molar-refractivity contribution in [3.05, 3.63) is 107 Å². The van der Waals surface area contributed by atoms with Gasteiger partial charge in [0.05, 0.1) is 16.6 Å². The van der Waals surface area contributed by atoms with Crippen LogP contribution in [0.2, 0.25) is 5.02 Å². The van der Waals surface area contributed by atoms with Crippen LogP contribution in [0.5, 0.6) is 5.75 Å². The summed E-state index contributed by atoms with van der Waals surface area (Å²) in [6.07, 6.45) is 11.4. The molecule has 5 aromatic rings. The van der Waals surface area contributed by atoms with Crippen molar-refractivity contribution in [2.75, 3.05) is 7.05 Å². The number of aromatic carboxylic acids is 1. The van der Waals surface area contributed by atoms with E-state index >= 15 is 0 Å². The minimum Gasteiger partial charge on any atom is -0.489 e. The van der Waals surface area contributed by atoms with Gasteiger partial charge in [0.2, 0.25) is 0 Å². The summed E-state index contributed by atoms with van der Waals surface area (Å²) < 4.78 is 8.69. The largest absolute Gasteiger partial charge is 0.489 e. The molecule has 1 aromatic heterocycles. The second kappa shape index (κ2) is 15.7. The van der Waals surface area contributed by atoms with E-state index in [1.165, 1.54) is 38.5 Å². The molecule has 0 saturated heterocycles. The molecule has 2 aliphatic rings. The first kappa shape index (κ1) is 35.5. The van der Waals surface area contributed by atoms with Crippen molar-refractivity contribution in [2.24, 2.45) is 0 Å². The van der Waals surface area contributed by atoms with Gasteiger partial charge in [-0.1, -0.05) is 68.3 Å². The minimum atomic E-state index is -0.956. The molecule has 9 heteroatoms. The zero-order chi connectivity index (χ0) is 33.9. The van der Waals surface area contributed by atoms with Gasteiger partial charge in [0, 0.05) is 35.3 Å². The Kier molecular flexibility index (Phi) is 11.1. The number of ether oxygens (including phenoxy) is 1. The normalized spacial score (nSPS) is 15.4. The number of carbonyl (C=O) groups is 2. The highest BCUT2D eigenvalue weighted by atomic mass is 35.5. The van der Waals surface area contributed by atoms with Gasteiger partial charge in [-0.3, -0.25) is 4.79 Å². The molecule has 2 fully saturated rings. The van der Waals surface area contributed by atoms with Crippen molar-refractivity contribution in [3.63, 3.8) is 0 Å². The number of carbonyl (C=O) groups excluding carboxylic acids is 1.